The van der Waals surface area contributed by atoms with E-state index in [9.17, 15) is 14.0 Å². The van der Waals surface area contributed by atoms with E-state index >= 15 is 0 Å². The number of nitrogens with one attached hydrogen (secondary N) is 1. The minimum atomic E-state index is -0.889. The highest BCUT2D eigenvalue weighted by molar-refractivity contribution is 5.94. The minimum Gasteiger partial charge on any atom is -0.481 e. The second-order valence-corrected chi connectivity index (χ2v) is 4.84. The third-order valence-corrected chi connectivity index (χ3v) is 3.51. The second-order valence-electron chi connectivity index (χ2n) is 4.84. The van der Waals surface area contributed by atoms with E-state index in [2.05, 4.69) is 5.32 Å². The van der Waals surface area contributed by atoms with Crippen molar-refractivity contribution in [3.05, 3.63) is 29.6 Å². The SMILES string of the molecule is N#Cc1cc(F)ccc1NC(=O)C1CCC(C(=O)O)C1. The molecule has 2 rings (SSSR count). The zero-order valence-corrected chi connectivity index (χ0v) is 10.6. The summed E-state index contributed by atoms with van der Waals surface area (Å²) in [5.41, 5.74) is 0.295. The van der Waals surface area contributed by atoms with E-state index in [4.69, 9.17) is 10.4 Å². The smallest absolute Gasteiger partial charge is 0.306 e. The monoisotopic (exact) mass is 276 g/mol. The standard InChI is InChI=1S/C14H13FN2O3/c15-11-3-4-12(10(6-11)7-16)17-13(18)8-1-2-9(5-8)14(19)20/h3-4,6,8-9H,1-2,5H2,(H,17,18)(H,19,20). The molecule has 0 spiro atoms. The van der Waals surface area contributed by atoms with Gasteiger partial charge in [-0.3, -0.25) is 9.59 Å². The van der Waals surface area contributed by atoms with Gasteiger partial charge in [-0.15, -0.1) is 0 Å². The number of carbonyl (C=O) groups is 2. The van der Waals surface area contributed by atoms with E-state index in [1.54, 1.807) is 0 Å². The number of benzene rings is 1. The van der Waals surface area contributed by atoms with Crippen molar-refractivity contribution in [1.82, 2.24) is 0 Å². The molecule has 1 amide bonds. The number of aliphatic carboxylic acids is 1. The summed E-state index contributed by atoms with van der Waals surface area (Å²) in [6.45, 7) is 0. The first-order chi connectivity index (χ1) is 9.51. The first kappa shape index (κ1) is 14.0. The zero-order chi connectivity index (χ0) is 14.7. The average molecular weight is 276 g/mol. The molecule has 0 saturated heterocycles. The van der Waals surface area contributed by atoms with Gasteiger partial charge >= 0.3 is 5.97 Å². The van der Waals surface area contributed by atoms with Crippen LogP contribution in [0.4, 0.5) is 10.1 Å². The number of nitriles is 1. The Balaban J connectivity index is 2.06. The summed E-state index contributed by atoms with van der Waals surface area (Å²) >= 11 is 0. The Morgan fingerprint density at radius 1 is 1.35 bits per heavy atom. The molecule has 0 heterocycles. The lowest BCUT2D eigenvalue weighted by molar-refractivity contribution is -0.141. The molecule has 1 aliphatic carbocycles. The number of hydrogen-bond acceptors (Lipinski definition) is 3. The number of carbonyl (C=O) groups excluding carboxylic acids is 1. The fraction of sp³-hybridized carbons (Fsp3) is 0.357. The van der Waals surface area contributed by atoms with Crippen molar-refractivity contribution in [3.8, 4) is 6.07 Å². The van der Waals surface area contributed by atoms with E-state index in [1.165, 1.54) is 6.07 Å². The predicted molar refractivity (Wildman–Crippen MR) is 68.2 cm³/mol. The Morgan fingerprint density at radius 2 is 2.05 bits per heavy atom. The lowest BCUT2D eigenvalue weighted by Crippen LogP contribution is -2.22. The van der Waals surface area contributed by atoms with Crippen LogP contribution in [0.1, 0.15) is 24.8 Å². The van der Waals surface area contributed by atoms with Crippen LogP contribution in [0.25, 0.3) is 0 Å². The van der Waals surface area contributed by atoms with Gasteiger partial charge in [-0.1, -0.05) is 0 Å². The molecule has 1 aliphatic rings. The summed E-state index contributed by atoms with van der Waals surface area (Å²) in [6, 6.07) is 5.34. The van der Waals surface area contributed by atoms with Crippen molar-refractivity contribution < 1.29 is 19.1 Å². The number of nitrogens with zero attached hydrogens (tertiary/aromatic N) is 1. The van der Waals surface area contributed by atoms with E-state index < -0.39 is 17.7 Å². The molecule has 5 nitrogen and oxygen atoms in total. The molecular formula is C14H13FN2O3. The maximum atomic E-state index is 13.0. The summed E-state index contributed by atoms with van der Waals surface area (Å²) < 4.78 is 13.0. The molecule has 2 N–H and O–H groups in total. The van der Waals surface area contributed by atoms with Crippen molar-refractivity contribution >= 4 is 17.6 Å². The first-order valence-corrected chi connectivity index (χ1v) is 6.24. The molecule has 104 valence electrons. The van der Waals surface area contributed by atoms with Crippen molar-refractivity contribution in [2.75, 3.05) is 5.32 Å². The summed E-state index contributed by atoms with van der Waals surface area (Å²) in [5.74, 6) is -2.63. The van der Waals surface area contributed by atoms with Gasteiger partial charge in [0.2, 0.25) is 5.91 Å². The number of rotatable bonds is 3. The van der Waals surface area contributed by atoms with Gasteiger partial charge in [0.25, 0.3) is 0 Å². The molecule has 1 fully saturated rings. The van der Waals surface area contributed by atoms with E-state index in [1.807, 2.05) is 6.07 Å². The van der Waals surface area contributed by atoms with Crippen molar-refractivity contribution in [2.45, 2.75) is 19.3 Å². The van der Waals surface area contributed by atoms with Crippen LogP contribution in [0, 0.1) is 29.0 Å². The van der Waals surface area contributed by atoms with E-state index in [0.717, 1.165) is 12.1 Å². The molecule has 2 unspecified atom stereocenters. The van der Waals surface area contributed by atoms with Crippen LogP contribution < -0.4 is 5.32 Å². The molecule has 2 atom stereocenters. The molecule has 0 radical (unpaired) electrons. The van der Waals surface area contributed by atoms with Crippen molar-refractivity contribution in [2.24, 2.45) is 11.8 Å². The van der Waals surface area contributed by atoms with Crippen molar-refractivity contribution in [3.63, 3.8) is 0 Å². The van der Waals surface area contributed by atoms with Gasteiger partial charge in [0.15, 0.2) is 0 Å². The Kier molecular flexibility index (Phi) is 3.99. The molecule has 1 aromatic carbocycles. The topological polar surface area (TPSA) is 90.2 Å². The number of amides is 1. The minimum absolute atomic E-state index is 0.0473. The summed E-state index contributed by atoms with van der Waals surface area (Å²) in [7, 11) is 0. The molecule has 6 heteroatoms. The van der Waals surface area contributed by atoms with E-state index in [0.29, 0.717) is 19.3 Å². The molecule has 20 heavy (non-hydrogen) atoms. The zero-order valence-electron chi connectivity index (χ0n) is 10.6. The highest BCUT2D eigenvalue weighted by Crippen LogP contribution is 2.32. The maximum Gasteiger partial charge on any atom is 0.306 e. The van der Waals surface area contributed by atoms with Crippen molar-refractivity contribution in [1.29, 1.82) is 5.26 Å². The van der Waals surface area contributed by atoms with Gasteiger partial charge < -0.3 is 10.4 Å². The molecule has 1 aromatic rings. The van der Waals surface area contributed by atoms with Gasteiger partial charge in [0.1, 0.15) is 11.9 Å². The number of anilines is 1. The Hall–Kier alpha value is -2.42. The van der Waals surface area contributed by atoms with Crippen LogP contribution in [-0.4, -0.2) is 17.0 Å². The maximum absolute atomic E-state index is 13.0. The molecule has 1 saturated carbocycles. The normalized spacial score (nSPS) is 21.2. The highest BCUT2D eigenvalue weighted by atomic mass is 19.1. The molecule has 0 bridgehead atoms. The number of carboxylic acid groups (broad SMARTS) is 1. The summed E-state index contributed by atoms with van der Waals surface area (Å²) in [4.78, 5) is 22.9. The predicted octanol–water partition coefficient (Wildman–Crippen LogP) is 2.14. The fourth-order valence-electron chi connectivity index (χ4n) is 2.40. The van der Waals surface area contributed by atoms with Gasteiger partial charge in [0.05, 0.1) is 17.2 Å². The number of carboxylic acids is 1. The van der Waals surface area contributed by atoms with Crippen LogP contribution in [0.5, 0.6) is 0 Å². The van der Waals surface area contributed by atoms with Gasteiger partial charge in [-0.05, 0) is 37.5 Å². The second kappa shape index (κ2) is 5.70. The Labute approximate surface area is 115 Å². The van der Waals surface area contributed by atoms with Gasteiger partial charge in [0, 0.05) is 5.92 Å². The molecule has 0 aromatic heterocycles. The van der Waals surface area contributed by atoms with Crippen LogP contribution in [0.3, 0.4) is 0 Å². The summed E-state index contributed by atoms with van der Waals surface area (Å²) in [5, 5.41) is 20.4. The van der Waals surface area contributed by atoms with Crippen LogP contribution in [0.15, 0.2) is 18.2 Å². The van der Waals surface area contributed by atoms with Crippen LogP contribution in [0.2, 0.25) is 0 Å². The molecular weight excluding hydrogens is 263 g/mol. The lowest BCUT2D eigenvalue weighted by atomic mass is 10.0. The van der Waals surface area contributed by atoms with Crippen LogP contribution in [-0.2, 0) is 9.59 Å². The Morgan fingerprint density at radius 3 is 2.65 bits per heavy atom. The van der Waals surface area contributed by atoms with Gasteiger partial charge in [-0.2, -0.15) is 5.26 Å². The van der Waals surface area contributed by atoms with E-state index in [-0.39, 0.29) is 23.1 Å². The third kappa shape index (κ3) is 2.94. The molecule has 0 aliphatic heterocycles. The highest BCUT2D eigenvalue weighted by Gasteiger charge is 2.33. The average Bonchev–Trinajstić information content (AvgIpc) is 2.90. The quantitative estimate of drug-likeness (QED) is 0.884. The largest absolute Gasteiger partial charge is 0.481 e. The fourth-order valence-corrected chi connectivity index (χ4v) is 2.40. The lowest BCUT2D eigenvalue weighted by Gasteiger charge is -2.11. The van der Waals surface area contributed by atoms with Crippen LogP contribution >= 0.6 is 0 Å². The summed E-state index contributed by atoms with van der Waals surface area (Å²) in [6.07, 6.45) is 1.28. The number of halogens is 1. The first-order valence-electron chi connectivity index (χ1n) is 6.24. The third-order valence-electron chi connectivity index (χ3n) is 3.51. The number of hydrogen-bond donors (Lipinski definition) is 2. The van der Waals surface area contributed by atoms with Gasteiger partial charge in [-0.25, -0.2) is 4.39 Å². The Bertz CT molecular complexity index is 595.